The summed E-state index contributed by atoms with van der Waals surface area (Å²) in [6.07, 6.45) is 0.766. The maximum absolute atomic E-state index is 13.7. The van der Waals surface area contributed by atoms with Crippen LogP contribution in [0.3, 0.4) is 0 Å². The van der Waals surface area contributed by atoms with Crippen LogP contribution in [0, 0.1) is 20.8 Å². The first-order valence-electron chi connectivity index (χ1n) is 11.9. The van der Waals surface area contributed by atoms with Gasteiger partial charge >= 0.3 is 0 Å². The molecule has 0 bridgehead atoms. The zero-order valence-corrected chi connectivity index (χ0v) is 22.1. The first kappa shape index (κ1) is 26.9. The van der Waals surface area contributed by atoms with E-state index in [-0.39, 0.29) is 16.8 Å². The Bertz CT molecular complexity index is 1350. The number of anilines is 2. The van der Waals surface area contributed by atoms with Crippen LogP contribution >= 0.6 is 0 Å². The third-order valence-corrected chi connectivity index (χ3v) is 7.73. The molecule has 8 heteroatoms. The van der Waals surface area contributed by atoms with E-state index in [0.29, 0.717) is 16.9 Å². The van der Waals surface area contributed by atoms with Gasteiger partial charge < -0.3 is 10.6 Å². The summed E-state index contributed by atoms with van der Waals surface area (Å²) < 4.78 is 28.5. The van der Waals surface area contributed by atoms with E-state index < -0.39 is 22.5 Å². The number of nitrogens with zero attached hydrogens (tertiary/aromatic N) is 1. The molecule has 0 unspecified atom stereocenters. The van der Waals surface area contributed by atoms with Crippen molar-refractivity contribution in [2.75, 3.05) is 16.2 Å². The van der Waals surface area contributed by atoms with Gasteiger partial charge in [0.05, 0.1) is 21.8 Å². The van der Waals surface area contributed by atoms with E-state index in [1.807, 2.05) is 46.8 Å². The molecule has 3 aromatic carbocycles. The Morgan fingerprint density at radius 2 is 1.56 bits per heavy atom. The second kappa shape index (κ2) is 11.4. The average molecular weight is 508 g/mol. The SMILES string of the molecule is CC[C@@H](C)NC(=O)c1ccccc1NC(=O)CN(c1ccc(C)cc1C)S(=O)(=O)c1ccc(C)cc1. The number of sulfonamides is 1. The highest BCUT2D eigenvalue weighted by molar-refractivity contribution is 7.92. The Labute approximate surface area is 213 Å². The molecule has 0 spiro atoms. The van der Waals surface area contributed by atoms with Gasteiger partial charge in [-0.1, -0.05) is 54.4 Å². The monoisotopic (exact) mass is 507 g/mol. The lowest BCUT2D eigenvalue weighted by Gasteiger charge is -2.26. The summed E-state index contributed by atoms with van der Waals surface area (Å²) in [7, 11) is -4.05. The molecule has 2 N–H and O–H groups in total. The number of benzene rings is 3. The highest BCUT2D eigenvalue weighted by Crippen LogP contribution is 2.28. The molecule has 3 rings (SSSR count). The minimum atomic E-state index is -4.05. The lowest BCUT2D eigenvalue weighted by molar-refractivity contribution is -0.114. The molecule has 3 aromatic rings. The molecular weight excluding hydrogens is 474 g/mol. The Morgan fingerprint density at radius 3 is 2.19 bits per heavy atom. The van der Waals surface area contributed by atoms with Crippen LogP contribution in [0.2, 0.25) is 0 Å². The fourth-order valence-corrected chi connectivity index (χ4v) is 5.22. The number of rotatable bonds is 9. The third-order valence-electron chi connectivity index (χ3n) is 5.95. The van der Waals surface area contributed by atoms with E-state index in [9.17, 15) is 18.0 Å². The van der Waals surface area contributed by atoms with E-state index >= 15 is 0 Å². The molecule has 0 aromatic heterocycles. The molecule has 0 aliphatic rings. The first-order chi connectivity index (χ1) is 17.0. The van der Waals surface area contributed by atoms with Crippen LogP contribution in [0.25, 0.3) is 0 Å². The van der Waals surface area contributed by atoms with E-state index in [4.69, 9.17) is 0 Å². The van der Waals surface area contributed by atoms with E-state index in [1.165, 1.54) is 12.1 Å². The number of hydrogen-bond donors (Lipinski definition) is 2. The van der Waals surface area contributed by atoms with Crippen LogP contribution in [0.5, 0.6) is 0 Å². The maximum atomic E-state index is 13.7. The molecule has 0 saturated heterocycles. The second-order valence-corrected chi connectivity index (χ2v) is 10.9. The zero-order chi connectivity index (χ0) is 26.5. The van der Waals surface area contributed by atoms with Gasteiger partial charge in [-0.2, -0.15) is 0 Å². The zero-order valence-electron chi connectivity index (χ0n) is 21.3. The lowest BCUT2D eigenvalue weighted by Crippen LogP contribution is -2.39. The summed E-state index contributed by atoms with van der Waals surface area (Å²) in [5, 5.41) is 5.63. The van der Waals surface area contributed by atoms with E-state index in [0.717, 1.165) is 27.4 Å². The quantitative estimate of drug-likeness (QED) is 0.427. The van der Waals surface area contributed by atoms with Crippen LogP contribution in [0.15, 0.2) is 71.6 Å². The Kier molecular flexibility index (Phi) is 8.53. The van der Waals surface area contributed by atoms with Crippen LogP contribution in [0.1, 0.15) is 47.3 Å². The molecule has 36 heavy (non-hydrogen) atoms. The molecule has 0 heterocycles. The number of carbonyl (C=O) groups excluding carboxylic acids is 2. The van der Waals surface area contributed by atoms with Crippen molar-refractivity contribution in [1.82, 2.24) is 5.32 Å². The Morgan fingerprint density at radius 1 is 0.917 bits per heavy atom. The van der Waals surface area contributed by atoms with Gasteiger partial charge in [-0.25, -0.2) is 8.42 Å². The summed E-state index contributed by atoms with van der Waals surface area (Å²) in [6, 6.07) is 18.5. The molecule has 7 nitrogen and oxygen atoms in total. The summed E-state index contributed by atoms with van der Waals surface area (Å²) in [5.41, 5.74) is 3.68. The largest absolute Gasteiger partial charge is 0.350 e. The Hall–Kier alpha value is -3.65. The number of carbonyl (C=O) groups is 2. The van der Waals surface area contributed by atoms with E-state index in [2.05, 4.69) is 10.6 Å². The second-order valence-electron chi connectivity index (χ2n) is 8.99. The van der Waals surface area contributed by atoms with Crippen molar-refractivity contribution >= 4 is 33.2 Å². The molecule has 1 atom stereocenters. The molecule has 0 fully saturated rings. The molecular formula is C28H33N3O4S. The Balaban J connectivity index is 1.95. The van der Waals surface area contributed by atoms with Crippen molar-refractivity contribution in [2.24, 2.45) is 0 Å². The molecule has 190 valence electrons. The minimum absolute atomic E-state index is 0.0269. The number of aryl methyl sites for hydroxylation is 3. The van der Waals surface area contributed by atoms with Gasteiger partial charge in [-0.3, -0.25) is 13.9 Å². The van der Waals surface area contributed by atoms with Crippen LogP contribution < -0.4 is 14.9 Å². The van der Waals surface area contributed by atoms with Gasteiger partial charge in [0.2, 0.25) is 5.91 Å². The molecule has 2 amide bonds. The maximum Gasteiger partial charge on any atom is 0.264 e. The van der Waals surface area contributed by atoms with Crippen molar-refractivity contribution in [3.8, 4) is 0 Å². The van der Waals surface area contributed by atoms with Crippen molar-refractivity contribution in [3.63, 3.8) is 0 Å². The number of amides is 2. The predicted molar refractivity (Wildman–Crippen MR) is 144 cm³/mol. The van der Waals surface area contributed by atoms with Crippen LogP contribution in [0.4, 0.5) is 11.4 Å². The highest BCUT2D eigenvalue weighted by atomic mass is 32.2. The van der Waals surface area contributed by atoms with Crippen molar-refractivity contribution in [1.29, 1.82) is 0 Å². The van der Waals surface area contributed by atoms with Gasteiger partial charge in [0.15, 0.2) is 0 Å². The van der Waals surface area contributed by atoms with Crippen LogP contribution in [-0.2, 0) is 14.8 Å². The van der Waals surface area contributed by atoms with Gasteiger partial charge in [0.1, 0.15) is 6.54 Å². The van der Waals surface area contributed by atoms with Gasteiger partial charge in [0.25, 0.3) is 15.9 Å². The molecule has 0 aliphatic heterocycles. The molecule has 0 saturated carbocycles. The predicted octanol–water partition coefficient (Wildman–Crippen LogP) is 4.97. The minimum Gasteiger partial charge on any atom is -0.350 e. The summed E-state index contributed by atoms with van der Waals surface area (Å²) in [5.74, 6) is -0.867. The lowest BCUT2D eigenvalue weighted by atomic mass is 10.1. The average Bonchev–Trinajstić information content (AvgIpc) is 2.83. The molecule has 0 aliphatic carbocycles. The number of hydrogen-bond acceptors (Lipinski definition) is 4. The first-order valence-corrected chi connectivity index (χ1v) is 13.3. The smallest absolute Gasteiger partial charge is 0.264 e. The normalized spacial score (nSPS) is 12.0. The number of nitrogens with one attached hydrogen (secondary N) is 2. The molecule has 0 radical (unpaired) electrons. The van der Waals surface area contributed by atoms with Crippen LogP contribution in [-0.4, -0.2) is 32.8 Å². The number of para-hydroxylation sites is 1. The third kappa shape index (κ3) is 6.31. The fourth-order valence-electron chi connectivity index (χ4n) is 3.74. The fraction of sp³-hybridized carbons (Fsp3) is 0.286. The topological polar surface area (TPSA) is 95.6 Å². The summed E-state index contributed by atoms with van der Waals surface area (Å²) >= 11 is 0. The van der Waals surface area contributed by atoms with E-state index in [1.54, 1.807) is 42.5 Å². The van der Waals surface area contributed by atoms with Crippen molar-refractivity contribution < 1.29 is 18.0 Å². The van der Waals surface area contributed by atoms with Gasteiger partial charge in [-0.15, -0.1) is 0 Å². The summed E-state index contributed by atoms with van der Waals surface area (Å²) in [4.78, 5) is 26.0. The summed E-state index contributed by atoms with van der Waals surface area (Å²) in [6.45, 7) is 9.02. The van der Waals surface area contributed by atoms with Crippen molar-refractivity contribution in [3.05, 3.63) is 89.0 Å². The van der Waals surface area contributed by atoms with Gasteiger partial charge in [0, 0.05) is 6.04 Å². The standard InChI is InChI=1S/C28H33N3O4S/c1-6-22(5)29-28(33)24-9-7-8-10-25(24)30-27(32)18-31(26-16-13-20(3)17-21(26)4)36(34,35)23-14-11-19(2)12-15-23/h7-17,22H,6,18H2,1-5H3,(H,29,33)(H,30,32)/t22-/m1/s1. The highest BCUT2D eigenvalue weighted by Gasteiger charge is 2.28. The van der Waals surface area contributed by atoms with Gasteiger partial charge in [-0.05, 0) is 70.0 Å². The van der Waals surface area contributed by atoms with Crippen molar-refractivity contribution in [2.45, 2.75) is 52.0 Å².